The van der Waals surface area contributed by atoms with Gasteiger partial charge in [0.25, 0.3) is 5.91 Å². The number of hydrogen-bond donors (Lipinski definition) is 1. The molecule has 2 rings (SSSR count). The predicted octanol–water partition coefficient (Wildman–Crippen LogP) is 3.51. The Morgan fingerprint density at radius 1 is 1.47 bits per heavy atom. The second-order valence-corrected chi connectivity index (χ2v) is 5.38. The van der Waals surface area contributed by atoms with E-state index in [0.717, 1.165) is 12.3 Å². The molecule has 1 aliphatic carbocycles. The van der Waals surface area contributed by atoms with Gasteiger partial charge in [-0.25, -0.2) is 4.39 Å². The van der Waals surface area contributed by atoms with Crippen LogP contribution in [-0.2, 0) is 0 Å². The summed E-state index contributed by atoms with van der Waals surface area (Å²) in [6.07, 6.45) is 4.84. The van der Waals surface area contributed by atoms with Gasteiger partial charge in [-0.3, -0.25) is 4.79 Å². The van der Waals surface area contributed by atoms with Gasteiger partial charge in [0, 0.05) is 11.0 Å². The minimum absolute atomic E-state index is 0.113. The lowest BCUT2D eigenvalue weighted by Crippen LogP contribution is -2.28. The van der Waals surface area contributed by atoms with Crippen molar-refractivity contribution in [3.8, 4) is 0 Å². The third-order valence-corrected chi connectivity index (χ3v) is 3.73. The minimum atomic E-state index is -0.486. The normalized spacial score (nSPS) is 15.4. The average molecular weight is 300 g/mol. The number of carbonyl (C=O) groups excluding carboxylic acids is 1. The van der Waals surface area contributed by atoms with Crippen molar-refractivity contribution in [1.82, 2.24) is 5.32 Å². The van der Waals surface area contributed by atoms with Gasteiger partial charge in [-0.2, -0.15) is 0 Å². The Morgan fingerprint density at radius 2 is 2.24 bits per heavy atom. The van der Waals surface area contributed by atoms with Crippen LogP contribution in [0.5, 0.6) is 0 Å². The summed E-state index contributed by atoms with van der Waals surface area (Å²) in [5, 5.41) is 2.76. The topological polar surface area (TPSA) is 29.1 Å². The molecule has 0 bridgehead atoms. The van der Waals surface area contributed by atoms with Gasteiger partial charge >= 0.3 is 0 Å². The second kappa shape index (κ2) is 5.63. The molecule has 2 nitrogen and oxygen atoms in total. The molecule has 17 heavy (non-hydrogen) atoms. The first-order valence-electron chi connectivity index (χ1n) is 5.90. The fourth-order valence-corrected chi connectivity index (χ4v) is 2.27. The van der Waals surface area contributed by atoms with Gasteiger partial charge in [-0.05, 0) is 30.5 Å². The number of hydrogen-bond acceptors (Lipinski definition) is 1. The highest BCUT2D eigenvalue weighted by Crippen LogP contribution is 2.28. The standard InChI is InChI=1S/C13H15BrFNO/c14-10-4-5-11(12(15)8-10)13(17)16-7-6-9-2-1-3-9/h4-5,8-9H,1-3,6-7H2,(H,16,17). The van der Waals surface area contributed by atoms with Crippen LogP contribution in [0.3, 0.4) is 0 Å². The Bertz CT molecular complexity index is 418. The van der Waals surface area contributed by atoms with E-state index in [1.54, 1.807) is 6.07 Å². The van der Waals surface area contributed by atoms with Crippen LogP contribution < -0.4 is 5.32 Å². The van der Waals surface area contributed by atoms with Crippen LogP contribution >= 0.6 is 15.9 Å². The summed E-state index contributed by atoms with van der Waals surface area (Å²) in [6.45, 7) is 0.638. The highest BCUT2D eigenvalue weighted by molar-refractivity contribution is 9.10. The van der Waals surface area contributed by atoms with E-state index >= 15 is 0 Å². The Labute approximate surface area is 109 Å². The molecule has 0 spiro atoms. The van der Waals surface area contributed by atoms with Gasteiger partial charge in [0.1, 0.15) is 5.82 Å². The molecule has 1 fully saturated rings. The van der Waals surface area contributed by atoms with Crippen molar-refractivity contribution in [3.63, 3.8) is 0 Å². The van der Waals surface area contributed by atoms with Crippen LogP contribution in [0.1, 0.15) is 36.0 Å². The summed E-state index contributed by atoms with van der Waals surface area (Å²) >= 11 is 3.16. The smallest absolute Gasteiger partial charge is 0.254 e. The van der Waals surface area contributed by atoms with E-state index in [0.29, 0.717) is 11.0 Å². The van der Waals surface area contributed by atoms with Crippen molar-refractivity contribution in [1.29, 1.82) is 0 Å². The molecule has 1 amide bonds. The Kier molecular flexibility index (Phi) is 4.15. The van der Waals surface area contributed by atoms with Crippen molar-refractivity contribution < 1.29 is 9.18 Å². The van der Waals surface area contributed by atoms with E-state index in [-0.39, 0.29) is 11.5 Å². The lowest BCUT2D eigenvalue weighted by Gasteiger charge is -2.25. The van der Waals surface area contributed by atoms with E-state index in [1.165, 1.54) is 31.4 Å². The Morgan fingerprint density at radius 3 is 2.82 bits per heavy atom. The molecule has 0 atom stereocenters. The second-order valence-electron chi connectivity index (χ2n) is 4.47. The van der Waals surface area contributed by atoms with Crippen LogP contribution in [0.25, 0.3) is 0 Å². The summed E-state index contributed by atoms with van der Waals surface area (Å²) in [5.41, 5.74) is 0.113. The van der Waals surface area contributed by atoms with Crippen LogP contribution in [-0.4, -0.2) is 12.5 Å². The molecule has 0 saturated heterocycles. The Balaban J connectivity index is 1.85. The maximum atomic E-state index is 13.5. The molecule has 0 heterocycles. The fourth-order valence-electron chi connectivity index (χ4n) is 1.94. The van der Waals surface area contributed by atoms with Gasteiger partial charge < -0.3 is 5.32 Å². The molecule has 4 heteroatoms. The summed E-state index contributed by atoms with van der Waals surface area (Å²) in [6, 6.07) is 4.48. The first-order chi connectivity index (χ1) is 8.16. The lowest BCUT2D eigenvalue weighted by atomic mass is 9.83. The lowest BCUT2D eigenvalue weighted by molar-refractivity contribution is 0.0945. The third-order valence-electron chi connectivity index (χ3n) is 3.24. The van der Waals surface area contributed by atoms with Crippen molar-refractivity contribution in [3.05, 3.63) is 34.1 Å². The fraction of sp³-hybridized carbons (Fsp3) is 0.462. The minimum Gasteiger partial charge on any atom is -0.352 e. The molecule has 0 unspecified atom stereocenters. The molecule has 1 aromatic rings. The zero-order valence-electron chi connectivity index (χ0n) is 9.51. The zero-order valence-corrected chi connectivity index (χ0v) is 11.1. The molecule has 1 N–H and O–H groups in total. The maximum Gasteiger partial charge on any atom is 0.254 e. The quantitative estimate of drug-likeness (QED) is 0.906. The first-order valence-corrected chi connectivity index (χ1v) is 6.69. The predicted molar refractivity (Wildman–Crippen MR) is 68.4 cm³/mol. The molecule has 92 valence electrons. The van der Waals surface area contributed by atoms with Crippen molar-refractivity contribution in [2.24, 2.45) is 5.92 Å². The van der Waals surface area contributed by atoms with Crippen molar-refractivity contribution in [2.75, 3.05) is 6.54 Å². The van der Waals surface area contributed by atoms with Crippen molar-refractivity contribution in [2.45, 2.75) is 25.7 Å². The number of halogens is 2. The SMILES string of the molecule is O=C(NCCC1CCC1)c1ccc(Br)cc1F. The molecule has 1 aliphatic rings. The van der Waals surface area contributed by atoms with Crippen molar-refractivity contribution >= 4 is 21.8 Å². The van der Waals surface area contributed by atoms with E-state index in [1.807, 2.05) is 0 Å². The number of rotatable bonds is 4. The summed E-state index contributed by atoms with van der Waals surface area (Å²) < 4.78 is 14.1. The van der Waals surface area contributed by atoms with E-state index in [2.05, 4.69) is 21.2 Å². The van der Waals surface area contributed by atoms with Crippen LogP contribution in [0.15, 0.2) is 22.7 Å². The number of carbonyl (C=O) groups is 1. The molecule has 0 aromatic heterocycles. The van der Waals surface area contributed by atoms with Crippen LogP contribution in [0.2, 0.25) is 0 Å². The van der Waals surface area contributed by atoms with Gasteiger partial charge in [0.05, 0.1) is 5.56 Å². The molecular weight excluding hydrogens is 285 g/mol. The van der Waals surface area contributed by atoms with E-state index in [4.69, 9.17) is 0 Å². The summed E-state index contributed by atoms with van der Waals surface area (Å²) in [5.74, 6) is -0.0556. The molecular formula is C13H15BrFNO. The van der Waals surface area contributed by atoms with Gasteiger partial charge in [-0.1, -0.05) is 35.2 Å². The highest BCUT2D eigenvalue weighted by atomic mass is 79.9. The largest absolute Gasteiger partial charge is 0.352 e. The van der Waals surface area contributed by atoms with Gasteiger partial charge in [0.2, 0.25) is 0 Å². The molecule has 1 aromatic carbocycles. The monoisotopic (exact) mass is 299 g/mol. The van der Waals surface area contributed by atoms with Gasteiger partial charge in [0.15, 0.2) is 0 Å². The highest BCUT2D eigenvalue weighted by Gasteiger charge is 2.17. The Hall–Kier alpha value is -0.900. The number of benzene rings is 1. The van der Waals surface area contributed by atoms with E-state index < -0.39 is 5.82 Å². The first kappa shape index (κ1) is 12.6. The summed E-state index contributed by atoms with van der Waals surface area (Å²) in [7, 11) is 0. The van der Waals surface area contributed by atoms with Gasteiger partial charge in [-0.15, -0.1) is 0 Å². The molecule has 0 radical (unpaired) electrons. The van der Waals surface area contributed by atoms with Crippen LogP contribution in [0, 0.1) is 11.7 Å². The summed E-state index contributed by atoms with van der Waals surface area (Å²) in [4.78, 5) is 11.7. The molecule has 0 aliphatic heterocycles. The number of amides is 1. The molecule has 1 saturated carbocycles. The zero-order chi connectivity index (χ0) is 12.3. The van der Waals surface area contributed by atoms with E-state index in [9.17, 15) is 9.18 Å². The number of nitrogens with one attached hydrogen (secondary N) is 1. The van der Waals surface area contributed by atoms with Crippen LogP contribution in [0.4, 0.5) is 4.39 Å². The maximum absolute atomic E-state index is 13.5. The third kappa shape index (κ3) is 3.28. The average Bonchev–Trinajstić information content (AvgIpc) is 2.21.